The summed E-state index contributed by atoms with van der Waals surface area (Å²) in [6.07, 6.45) is 0.822. The van der Waals surface area contributed by atoms with E-state index >= 15 is 0 Å². The van der Waals surface area contributed by atoms with E-state index in [1.54, 1.807) is 0 Å². The third-order valence-corrected chi connectivity index (χ3v) is 3.05. The Kier molecular flexibility index (Phi) is 4.15. The summed E-state index contributed by atoms with van der Waals surface area (Å²) in [5.74, 6) is 0.222. The van der Waals surface area contributed by atoms with Crippen LogP contribution in [0.3, 0.4) is 0 Å². The van der Waals surface area contributed by atoms with E-state index in [2.05, 4.69) is 0 Å². The van der Waals surface area contributed by atoms with Gasteiger partial charge in [-0.2, -0.15) is 0 Å². The maximum Gasteiger partial charge on any atom is 0.313 e. The molecule has 0 radical (unpaired) electrons. The quantitative estimate of drug-likeness (QED) is 0.734. The smallest absolute Gasteiger partial charge is 0.313 e. The molecular formula is C14H18O3. The Morgan fingerprint density at radius 1 is 1.41 bits per heavy atom. The molecule has 92 valence electrons. The van der Waals surface area contributed by atoms with Crippen molar-refractivity contribution in [2.75, 3.05) is 19.8 Å². The van der Waals surface area contributed by atoms with Crippen molar-refractivity contribution in [3.8, 4) is 0 Å². The second kappa shape index (κ2) is 5.82. The van der Waals surface area contributed by atoms with Crippen molar-refractivity contribution in [2.24, 2.45) is 5.92 Å². The zero-order valence-corrected chi connectivity index (χ0v) is 10.1. The molecule has 3 nitrogen and oxygen atoms in total. The summed E-state index contributed by atoms with van der Waals surface area (Å²) in [5.41, 5.74) is 1.04. The van der Waals surface area contributed by atoms with Crippen LogP contribution in [-0.4, -0.2) is 25.8 Å². The van der Waals surface area contributed by atoms with Crippen molar-refractivity contribution in [3.05, 3.63) is 35.9 Å². The van der Waals surface area contributed by atoms with Crippen molar-refractivity contribution in [1.82, 2.24) is 0 Å². The van der Waals surface area contributed by atoms with Crippen molar-refractivity contribution >= 4 is 5.97 Å². The molecule has 0 bridgehead atoms. The van der Waals surface area contributed by atoms with Gasteiger partial charge in [-0.1, -0.05) is 30.3 Å². The van der Waals surface area contributed by atoms with E-state index in [0.717, 1.165) is 25.2 Å². The predicted molar refractivity (Wildman–Crippen MR) is 64.7 cm³/mol. The van der Waals surface area contributed by atoms with Gasteiger partial charge in [-0.15, -0.1) is 0 Å². The van der Waals surface area contributed by atoms with Gasteiger partial charge in [-0.05, 0) is 18.9 Å². The first-order valence-corrected chi connectivity index (χ1v) is 6.10. The lowest BCUT2D eigenvalue weighted by atomic mass is 9.88. The Balaban J connectivity index is 2.08. The van der Waals surface area contributed by atoms with Crippen LogP contribution in [0.2, 0.25) is 0 Å². The first-order chi connectivity index (χ1) is 8.31. The number of rotatable bonds is 5. The number of hydrogen-bond donors (Lipinski definition) is 0. The maximum atomic E-state index is 12.0. The molecule has 1 aliphatic heterocycles. The molecule has 3 heteroatoms. The van der Waals surface area contributed by atoms with Crippen LogP contribution >= 0.6 is 0 Å². The summed E-state index contributed by atoms with van der Waals surface area (Å²) in [6.45, 7) is 3.81. The summed E-state index contributed by atoms with van der Waals surface area (Å²) in [4.78, 5) is 12.0. The first-order valence-electron chi connectivity index (χ1n) is 6.10. The Morgan fingerprint density at radius 3 is 2.65 bits per heavy atom. The average molecular weight is 234 g/mol. The normalized spacial score (nSPS) is 17.2. The summed E-state index contributed by atoms with van der Waals surface area (Å²) in [6, 6.07) is 9.85. The van der Waals surface area contributed by atoms with E-state index < -0.39 is 0 Å². The predicted octanol–water partition coefficient (Wildman–Crippen LogP) is 2.37. The molecule has 2 rings (SSSR count). The Bertz CT molecular complexity index is 357. The van der Waals surface area contributed by atoms with Crippen LogP contribution in [-0.2, 0) is 14.3 Å². The minimum Gasteiger partial charge on any atom is -0.466 e. The van der Waals surface area contributed by atoms with E-state index in [-0.39, 0.29) is 11.9 Å². The standard InChI is InChI=1S/C14H18O3/c1-2-17-14(15)13(8-11-9-16-10-11)12-6-4-3-5-7-12/h3-7,11,13H,2,8-10H2,1H3. The lowest BCUT2D eigenvalue weighted by Gasteiger charge is -2.29. The summed E-state index contributed by atoms with van der Waals surface area (Å²) >= 11 is 0. The van der Waals surface area contributed by atoms with Gasteiger partial charge >= 0.3 is 5.97 Å². The Hall–Kier alpha value is -1.35. The molecule has 1 unspecified atom stereocenters. The van der Waals surface area contributed by atoms with Crippen LogP contribution in [0.4, 0.5) is 0 Å². The fourth-order valence-electron chi connectivity index (χ4n) is 2.05. The van der Waals surface area contributed by atoms with Gasteiger partial charge in [-0.3, -0.25) is 4.79 Å². The molecule has 1 aromatic rings. The van der Waals surface area contributed by atoms with Crippen molar-refractivity contribution in [2.45, 2.75) is 19.3 Å². The number of esters is 1. The monoisotopic (exact) mass is 234 g/mol. The average Bonchev–Trinajstić information content (AvgIpc) is 2.29. The molecule has 1 heterocycles. The Labute approximate surface area is 102 Å². The van der Waals surface area contributed by atoms with Gasteiger partial charge in [0.25, 0.3) is 0 Å². The van der Waals surface area contributed by atoms with E-state index in [9.17, 15) is 4.79 Å². The zero-order chi connectivity index (χ0) is 12.1. The fourth-order valence-corrected chi connectivity index (χ4v) is 2.05. The summed E-state index contributed by atoms with van der Waals surface area (Å²) < 4.78 is 10.3. The van der Waals surface area contributed by atoms with Gasteiger partial charge < -0.3 is 9.47 Å². The summed E-state index contributed by atoms with van der Waals surface area (Å²) in [5, 5.41) is 0. The number of ether oxygens (including phenoxy) is 2. The van der Waals surface area contributed by atoms with Crippen molar-refractivity contribution < 1.29 is 14.3 Å². The topological polar surface area (TPSA) is 35.5 Å². The third-order valence-electron chi connectivity index (χ3n) is 3.05. The van der Waals surface area contributed by atoms with Gasteiger partial charge in [0.15, 0.2) is 0 Å². The first kappa shape index (κ1) is 12.1. The minimum atomic E-state index is -0.148. The number of carbonyl (C=O) groups is 1. The van der Waals surface area contributed by atoms with Gasteiger partial charge in [0, 0.05) is 5.92 Å². The van der Waals surface area contributed by atoms with Crippen molar-refractivity contribution in [3.63, 3.8) is 0 Å². The molecule has 0 N–H and O–H groups in total. The van der Waals surface area contributed by atoms with E-state index in [4.69, 9.17) is 9.47 Å². The molecule has 0 aliphatic carbocycles. The maximum absolute atomic E-state index is 12.0. The molecule has 1 aromatic carbocycles. The van der Waals surface area contributed by atoms with Crippen LogP contribution in [0.1, 0.15) is 24.8 Å². The van der Waals surface area contributed by atoms with Crippen LogP contribution < -0.4 is 0 Å². The highest BCUT2D eigenvalue weighted by Gasteiger charge is 2.29. The van der Waals surface area contributed by atoms with Gasteiger partial charge in [-0.25, -0.2) is 0 Å². The molecular weight excluding hydrogens is 216 g/mol. The molecule has 17 heavy (non-hydrogen) atoms. The minimum absolute atomic E-state index is 0.120. The fraction of sp³-hybridized carbons (Fsp3) is 0.500. The molecule has 1 fully saturated rings. The number of carbonyl (C=O) groups excluding carboxylic acids is 1. The van der Waals surface area contributed by atoms with E-state index in [1.807, 2.05) is 37.3 Å². The highest BCUT2D eigenvalue weighted by molar-refractivity contribution is 5.78. The second-order valence-corrected chi connectivity index (χ2v) is 4.35. The van der Waals surface area contributed by atoms with E-state index in [0.29, 0.717) is 12.5 Å². The molecule has 1 saturated heterocycles. The van der Waals surface area contributed by atoms with Crippen molar-refractivity contribution in [1.29, 1.82) is 0 Å². The van der Waals surface area contributed by atoms with Crippen LogP contribution in [0.25, 0.3) is 0 Å². The molecule has 0 saturated carbocycles. The zero-order valence-electron chi connectivity index (χ0n) is 10.1. The third kappa shape index (κ3) is 3.07. The highest BCUT2D eigenvalue weighted by atomic mass is 16.5. The highest BCUT2D eigenvalue weighted by Crippen LogP contribution is 2.28. The number of hydrogen-bond acceptors (Lipinski definition) is 3. The summed E-state index contributed by atoms with van der Waals surface area (Å²) in [7, 11) is 0. The SMILES string of the molecule is CCOC(=O)C(CC1COC1)c1ccccc1. The number of benzene rings is 1. The largest absolute Gasteiger partial charge is 0.466 e. The molecule has 1 aliphatic rings. The van der Waals surface area contributed by atoms with Crippen LogP contribution in [0.15, 0.2) is 30.3 Å². The molecule has 0 spiro atoms. The molecule has 1 atom stereocenters. The molecule has 0 amide bonds. The van der Waals surface area contributed by atoms with Crippen LogP contribution in [0.5, 0.6) is 0 Å². The van der Waals surface area contributed by atoms with Crippen LogP contribution in [0, 0.1) is 5.92 Å². The molecule has 0 aromatic heterocycles. The van der Waals surface area contributed by atoms with Gasteiger partial charge in [0.1, 0.15) is 0 Å². The Morgan fingerprint density at radius 2 is 2.12 bits per heavy atom. The van der Waals surface area contributed by atoms with Gasteiger partial charge in [0.2, 0.25) is 0 Å². The lowest BCUT2D eigenvalue weighted by Crippen LogP contribution is -2.31. The second-order valence-electron chi connectivity index (χ2n) is 4.35. The van der Waals surface area contributed by atoms with Gasteiger partial charge in [0.05, 0.1) is 25.7 Å². The lowest BCUT2D eigenvalue weighted by molar-refractivity contribution is -0.146. The van der Waals surface area contributed by atoms with E-state index in [1.165, 1.54) is 0 Å².